The molecule has 0 spiro atoms. The fraction of sp³-hybridized carbons (Fsp3) is 0.333. The molecule has 1 aromatic carbocycles. The van der Waals surface area contributed by atoms with Gasteiger partial charge in [-0.3, -0.25) is 0 Å². The minimum Gasteiger partial charge on any atom is -0.495 e. The summed E-state index contributed by atoms with van der Waals surface area (Å²) in [6, 6.07) is 4.33. The zero-order valence-corrected chi connectivity index (χ0v) is 11.2. The Morgan fingerprint density at radius 2 is 2.17 bits per heavy atom. The zero-order chi connectivity index (χ0) is 13.8. The van der Waals surface area contributed by atoms with E-state index >= 15 is 0 Å². The van der Waals surface area contributed by atoms with Crippen molar-refractivity contribution >= 4 is 15.7 Å². The minimum absolute atomic E-state index is 0.0333. The smallest absolute Gasteiger partial charge is 0.244 e. The Morgan fingerprint density at radius 3 is 2.67 bits per heavy atom. The second-order valence-corrected chi connectivity index (χ2v) is 5.48. The first-order valence-electron chi connectivity index (χ1n) is 5.34. The van der Waals surface area contributed by atoms with E-state index < -0.39 is 10.0 Å². The van der Waals surface area contributed by atoms with Crippen LogP contribution in [0.15, 0.2) is 23.1 Å². The molecule has 0 amide bonds. The summed E-state index contributed by atoms with van der Waals surface area (Å²) in [7, 11) is -2.18. The first kappa shape index (κ1) is 14.4. The number of nitrogens with two attached hydrogens (primary N) is 1. The van der Waals surface area contributed by atoms with Gasteiger partial charge in [0.15, 0.2) is 0 Å². The molecule has 1 aromatic rings. The molecule has 0 aliphatic rings. The van der Waals surface area contributed by atoms with Crippen LogP contribution in [0, 0.1) is 12.3 Å². The molecule has 0 bridgehead atoms. The number of nitrogens with zero attached hydrogens (tertiary/aromatic N) is 1. The number of benzene rings is 1. The highest BCUT2D eigenvalue weighted by Gasteiger charge is 2.23. The second kappa shape index (κ2) is 5.76. The maximum absolute atomic E-state index is 12.3. The van der Waals surface area contributed by atoms with E-state index in [9.17, 15) is 8.42 Å². The molecule has 98 valence electrons. The van der Waals surface area contributed by atoms with Gasteiger partial charge in [0, 0.05) is 12.6 Å². The van der Waals surface area contributed by atoms with E-state index in [4.69, 9.17) is 16.9 Å². The molecule has 0 fully saturated rings. The van der Waals surface area contributed by atoms with Gasteiger partial charge in [-0.25, -0.2) is 8.42 Å². The number of nitrogen functional groups attached to an aromatic ring is 1. The number of rotatable bonds is 5. The van der Waals surface area contributed by atoms with Gasteiger partial charge in [-0.15, -0.1) is 6.42 Å². The largest absolute Gasteiger partial charge is 0.495 e. The molecule has 0 radical (unpaired) electrons. The van der Waals surface area contributed by atoms with Gasteiger partial charge < -0.3 is 10.5 Å². The van der Waals surface area contributed by atoms with Gasteiger partial charge in [-0.2, -0.15) is 4.31 Å². The van der Waals surface area contributed by atoms with Crippen molar-refractivity contribution in [3.63, 3.8) is 0 Å². The molecule has 0 aromatic heterocycles. The number of ether oxygens (including phenoxy) is 1. The minimum atomic E-state index is -3.61. The molecule has 0 atom stereocenters. The topological polar surface area (TPSA) is 72.6 Å². The van der Waals surface area contributed by atoms with Gasteiger partial charge in [-0.1, -0.05) is 12.8 Å². The summed E-state index contributed by atoms with van der Waals surface area (Å²) < 4.78 is 30.7. The van der Waals surface area contributed by atoms with Crippen LogP contribution in [0.5, 0.6) is 5.75 Å². The Kier molecular flexibility index (Phi) is 4.59. The predicted octanol–water partition coefficient (Wildman–Crippen LogP) is 0.921. The van der Waals surface area contributed by atoms with Crippen molar-refractivity contribution in [1.29, 1.82) is 0 Å². The molecule has 6 heteroatoms. The number of hydrogen-bond acceptors (Lipinski definition) is 4. The summed E-state index contributed by atoms with van der Waals surface area (Å²) in [4.78, 5) is 0.116. The normalized spacial score (nSPS) is 11.2. The molecule has 0 aliphatic heterocycles. The monoisotopic (exact) mass is 268 g/mol. The lowest BCUT2D eigenvalue weighted by Gasteiger charge is -2.18. The highest BCUT2D eigenvalue weighted by molar-refractivity contribution is 7.89. The molecule has 0 saturated heterocycles. The van der Waals surface area contributed by atoms with Crippen LogP contribution < -0.4 is 10.5 Å². The number of terminal acetylenes is 1. The van der Waals surface area contributed by atoms with E-state index in [1.54, 1.807) is 6.92 Å². The zero-order valence-electron chi connectivity index (χ0n) is 10.4. The first-order valence-corrected chi connectivity index (χ1v) is 6.78. The van der Waals surface area contributed by atoms with Crippen molar-refractivity contribution in [2.24, 2.45) is 0 Å². The average Bonchev–Trinajstić information content (AvgIpc) is 2.35. The van der Waals surface area contributed by atoms with Crippen molar-refractivity contribution < 1.29 is 13.2 Å². The van der Waals surface area contributed by atoms with E-state index in [2.05, 4.69) is 5.92 Å². The third-order valence-electron chi connectivity index (χ3n) is 2.46. The predicted molar refractivity (Wildman–Crippen MR) is 70.7 cm³/mol. The highest BCUT2D eigenvalue weighted by Crippen LogP contribution is 2.26. The fourth-order valence-corrected chi connectivity index (χ4v) is 2.85. The number of anilines is 1. The average molecular weight is 268 g/mol. The molecule has 0 aliphatic carbocycles. The summed E-state index contributed by atoms with van der Waals surface area (Å²) in [5.41, 5.74) is 6.03. The van der Waals surface area contributed by atoms with Crippen LogP contribution >= 0.6 is 0 Å². The molecule has 18 heavy (non-hydrogen) atoms. The quantitative estimate of drug-likeness (QED) is 0.636. The van der Waals surface area contributed by atoms with E-state index in [0.29, 0.717) is 18.0 Å². The molecular weight excluding hydrogens is 252 g/mol. The second-order valence-electron chi connectivity index (χ2n) is 3.54. The van der Waals surface area contributed by atoms with Crippen LogP contribution in [0.2, 0.25) is 0 Å². The molecule has 2 N–H and O–H groups in total. The Bertz CT molecular complexity index is 561. The summed E-state index contributed by atoms with van der Waals surface area (Å²) in [5, 5.41) is 0. The van der Waals surface area contributed by atoms with Crippen LogP contribution in [-0.4, -0.2) is 32.9 Å². The van der Waals surface area contributed by atoms with Gasteiger partial charge in [0.05, 0.1) is 24.2 Å². The molecule has 1 rings (SSSR count). The summed E-state index contributed by atoms with van der Waals surface area (Å²) in [5.74, 6) is 2.65. The van der Waals surface area contributed by atoms with Gasteiger partial charge in [0.1, 0.15) is 5.75 Å². The maximum Gasteiger partial charge on any atom is 0.244 e. The Balaban J connectivity index is 3.24. The molecule has 5 nitrogen and oxygen atoms in total. The van der Waals surface area contributed by atoms with Crippen molar-refractivity contribution in [2.75, 3.05) is 25.9 Å². The molecular formula is C12H16N2O3S. The summed E-state index contributed by atoms with van der Waals surface area (Å²) in [6.45, 7) is 2.06. The third kappa shape index (κ3) is 2.75. The lowest BCUT2D eigenvalue weighted by Crippen LogP contribution is -2.31. The van der Waals surface area contributed by atoms with Crippen LogP contribution in [0.1, 0.15) is 6.92 Å². The van der Waals surface area contributed by atoms with Crippen molar-refractivity contribution in [2.45, 2.75) is 11.8 Å². The van der Waals surface area contributed by atoms with E-state index in [1.165, 1.54) is 29.6 Å². The highest BCUT2D eigenvalue weighted by atomic mass is 32.2. The Labute approximate surface area is 108 Å². The lowest BCUT2D eigenvalue weighted by atomic mass is 10.3. The van der Waals surface area contributed by atoms with Crippen LogP contribution in [0.25, 0.3) is 0 Å². The van der Waals surface area contributed by atoms with Gasteiger partial charge in [0.2, 0.25) is 10.0 Å². The SMILES string of the molecule is C#CCN(CC)S(=O)(=O)c1ccc(N)c(OC)c1. The number of methoxy groups -OCH3 is 1. The van der Waals surface area contributed by atoms with Crippen molar-refractivity contribution in [1.82, 2.24) is 4.31 Å². The third-order valence-corrected chi connectivity index (χ3v) is 4.38. The Morgan fingerprint density at radius 1 is 1.50 bits per heavy atom. The van der Waals surface area contributed by atoms with Gasteiger partial charge in [0.25, 0.3) is 0 Å². The summed E-state index contributed by atoms with van der Waals surface area (Å²) in [6.07, 6.45) is 5.16. The van der Waals surface area contributed by atoms with E-state index in [0.717, 1.165) is 0 Å². The van der Waals surface area contributed by atoms with Crippen LogP contribution in [0.4, 0.5) is 5.69 Å². The van der Waals surface area contributed by atoms with Crippen LogP contribution in [-0.2, 0) is 10.0 Å². The molecule has 0 unspecified atom stereocenters. The van der Waals surface area contributed by atoms with E-state index in [1.807, 2.05) is 0 Å². The van der Waals surface area contributed by atoms with Gasteiger partial charge >= 0.3 is 0 Å². The fourth-order valence-electron chi connectivity index (χ4n) is 1.47. The summed E-state index contributed by atoms with van der Waals surface area (Å²) >= 11 is 0. The van der Waals surface area contributed by atoms with E-state index in [-0.39, 0.29) is 11.4 Å². The first-order chi connectivity index (χ1) is 8.47. The van der Waals surface area contributed by atoms with Gasteiger partial charge in [-0.05, 0) is 12.1 Å². The van der Waals surface area contributed by atoms with Crippen molar-refractivity contribution in [3.8, 4) is 18.1 Å². The number of hydrogen-bond donors (Lipinski definition) is 1. The standard InChI is InChI=1S/C12H16N2O3S/c1-4-8-14(5-2)18(15,16)10-6-7-11(13)12(9-10)17-3/h1,6-7,9H,5,8,13H2,2-3H3. The maximum atomic E-state index is 12.3. The lowest BCUT2D eigenvalue weighted by molar-refractivity contribution is 0.414. The van der Waals surface area contributed by atoms with Crippen molar-refractivity contribution in [3.05, 3.63) is 18.2 Å². The Hall–Kier alpha value is -1.71. The molecule has 0 saturated carbocycles. The van der Waals surface area contributed by atoms with Crippen LogP contribution in [0.3, 0.4) is 0 Å². The molecule has 0 heterocycles. The number of sulfonamides is 1.